The van der Waals surface area contributed by atoms with E-state index in [0.29, 0.717) is 23.9 Å². The number of carbonyl (C=O) groups excluding carboxylic acids is 2. The molecule has 1 aromatic heterocycles. The average Bonchev–Trinajstić information content (AvgIpc) is 3.59. The molecule has 1 aliphatic rings. The Hall–Kier alpha value is -2.83. The molecule has 0 spiro atoms. The summed E-state index contributed by atoms with van der Waals surface area (Å²) < 4.78 is 5.65. The minimum Gasteiger partial charge on any atom is -0.484 e. The molecule has 2 amide bonds. The summed E-state index contributed by atoms with van der Waals surface area (Å²) in [6.07, 6.45) is 1.84. The Kier molecular flexibility index (Phi) is 7.68. The molecule has 0 saturated heterocycles. The zero-order valence-electron chi connectivity index (χ0n) is 18.6. The van der Waals surface area contributed by atoms with Gasteiger partial charge in [0, 0.05) is 22.5 Å². The van der Waals surface area contributed by atoms with Crippen LogP contribution in [-0.2, 0) is 22.7 Å². The number of carbonyl (C=O) groups is 2. The minimum atomic E-state index is -0.173. The predicted molar refractivity (Wildman–Crippen MR) is 131 cm³/mol. The van der Waals surface area contributed by atoms with Gasteiger partial charge in [0.05, 0.1) is 6.54 Å². The summed E-state index contributed by atoms with van der Waals surface area (Å²) in [5, 5.41) is 2.66. The van der Waals surface area contributed by atoms with Crippen molar-refractivity contribution in [3.8, 4) is 5.75 Å². The fourth-order valence-corrected chi connectivity index (χ4v) is 4.63. The lowest BCUT2D eigenvalue weighted by Crippen LogP contribution is -2.45. The van der Waals surface area contributed by atoms with Gasteiger partial charge < -0.3 is 14.5 Å². The maximum Gasteiger partial charge on any atom is 0.261 e. The van der Waals surface area contributed by atoms with Crippen molar-refractivity contribution < 1.29 is 14.3 Å². The summed E-state index contributed by atoms with van der Waals surface area (Å²) in [6.45, 7) is 3.06. The van der Waals surface area contributed by atoms with E-state index in [1.165, 1.54) is 5.56 Å². The maximum absolute atomic E-state index is 13.4. The van der Waals surface area contributed by atoms with Crippen LogP contribution in [0.3, 0.4) is 0 Å². The van der Waals surface area contributed by atoms with E-state index in [1.807, 2.05) is 40.6 Å². The van der Waals surface area contributed by atoms with E-state index in [4.69, 9.17) is 16.3 Å². The maximum atomic E-state index is 13.4. The first-order chi connectivity index (χ1) is 16.0. The van der Waals surface area contributed by atoms with Crippen molar-refractivity contribution in [3.63, 3.8) is 0 Å². The van der Waals surface area contributed by atoms with Crippen molar-refractivity contribution in [3.05, 3.63) is 87.1 Å². The predicted octanol–water partition coefficient (Wildman–Crippen LogP) is 5.31. The molecular weight excluding hydrogens is 456 g/mol. The molecule has 7 heteroatoms. The second-order valence-electron chi connectivity index (χ2n) is 8.26. The molecule has 33 heavy (non-hydrogen) atoms. The Labute approximate surface area is 203 Å². The molecule has 1 aliphatic carbocycles. The topological polar surface area (TPSA) is 49.9 Å². The van der Waals surface area contributed by atoms with Crippen LogP contribution in [-0.4, -0.2) is 40.8 Å². The third-order valence-corrected chi connectivity index (χ3v) is 6.92. The van der Waals surface area contributed by atoms with Crippen LogP contribution in [0.15, 0.2) is 66.0 Å². The summed E-state index contributed by atoms with van der Waals surface area (Å²) >= 11 is 7.56. The molecule has 1 heterocycles. The van der Waals surface area contributed by atoms with Gasteiger partial charge in [0.15, 0.2) is 6.61 Å². The fourth-order valence-electron chi connectivity index (χ4n) is 3.59. The van der Waals surface area contributed by atoms with Crippen LogP contribution in [0.5, 0.6) is 5.75 Å². The van der Waals surface area contributed by atoms with Crippen LogP contribution >= 0.6 is 22.9 Å². The zero-order valence-corrected chi connectivity index (χ0v) is 20.1. The van der Waals surface area contributed by atoms with Crippen LogP contribution in [0, 0.1) is 6.92 Å². The van der Waals surface area contributed by atoms with Gasteiger partial charge in [0.2, 0.25) is 5.91 Å². The van der Waals surface area contributed by atoms with Gasteiger partial charge in [-0.2, -0.15) is 0 Å². The van der Waals surface area contributed by atoms with Crippen molar-refractivity contribution in [2.24, 2.45) is 0 Å². The Morgan fingerprint density at radius 3 is 2.36 bits per heavy atom. The van der Waals surface area contributed by atoms with Crippen molar-refractivity contribution >= 4 is 34.8 Å². The lowest BCUT2D eigenvalue weighted by Gasteiger charge is -2.28. The molecule has 0 aliphatic heterocycles. The van der Waals surface area contributed by atoms with E-state index in [-0.39, 0.29) is 31.0 Å². The van der Waals surface area contributed by atoms with E-state index in [9.17, 15) is 9.59 Å². The Morgan fingerprint density at radius 2 is 1.73 bits per heavy atom. The highest BCUT2D eigenvalue weighted by molar-refractivity contribution is 7.10. The number of benzene rings is 2. The Morgan fingerprint density at radius 1 is 1.00 bits per heavy atom. The van der Waals surface area contributed by atoms with Crippen LogP contribution in [0.2, 0.25) is 5.02 Å². The molecule has 1 saturated carbocycles. The first-order valence-corrected chi connectivity index (χ1v) is 12.3. The van der Waals surface area contributed by atoms with Crippen molar-refractivity contribution in [2.75, 3.05) is 13.2 Å². The van der Waals surface area contributed by atoms with Gasteiger partial charge in [0.1, 0.15) is 12.3 Å². The molecular formula is C26H27ClN2O3S. The summed E-state index contributed by atoms with van der Waals surface area (Å²) in [4.78, 5) is 31.1. The molecule has 0 radical (unpaired) electrons. The largest absolute Gasteiger partial charge is 0.484 e. The van der Waals surface area contributed by atoms with Gasteiger partial charge in [-0.3, -0.25) is 9.59 Å². The highest BCUT2D eigenvalue weighted by atomic mass is 35.5. The monoisotopic (exact) mass is 482 g/mol. The van der Waals surface area contributed by atoms with Gasteiger partial charge in [-0.05, 0) is 66.6 Å². The highest BCUT2D eigenvalue weighted by Gasteiger charge is 2.35. The summed E-state index contributed by atoms with van der Waals surface area (Å²) in [5.41, 5.74) is 2.24. The van der Waals surface area contributed by atoms with E-state index in [0.717, 1.165) is 23.3 Å². The zero-order chi connectivity index (χ0) is 23.2. The Balaban J connectivity index is 1.43. The van der Waals surface area contributed by atoms with Gasteiger partial charge in [0.25, 0.3) is 5.91 Å². The molecule has 0 bridgehead atoms. The van der Waals surface area contributed by atoms with Crippen molar-refractivity contribution in [2.45, 2.75) is 38.9 Å². The number of rotatable bonds is 10. The van der Waals surface area contributed by atoms with Gasteiger partial charge >= 0.3 is 0 Å². The summed E-state index contributed by atoms with van der Waals surface area (Å²) in [7, 11) is 0. The van der Waals surface area contributed by atoms with Crippen molar-refractivity contribution in [1.82, 2.24) is 9.80 Å². The Bertz CT molecular complexity index is 1080. The normalized spacial score (nSPS) is 12.9. The SMILES string of the molecule is Cc1ccsc1CN(Cc1ccccc1)C(=O)CN(C(=O)COc1ccc(Cl)cc1)C1CC1. The number of hydrogen-bond acceptors (Lipinski definition) is 4. The van der Waals surface area contributed by atoms with Crippen molar-refractivity contribution in [1.29, 1.82) is 0 Å². The molecule has 172 valence electrons. The van der Waals surface area contributed by atoms with E-state index in [1.54, 1.807) is 40.5 Å². The van der Waals surface area contributed by atoms with Crippen LogP contribution < -0.4 is 4.74 Å². The second kappa shape index (κ2) is 10.9. The minimum absolute atomic E-state index is 0.0570. The molecule has 5 nitrogen and oxygen atoms in total. The first-order valence-electron chi connectivity index (χ1n) is 11.0. The van der Waals surface area contributed by atoms with Gasteiger partial charge in [-0.25, -0.2) is 0 Å². The van der Waals surface area contributed by atoms with Gasteiger partial charge in [-0.1, -0.05) is 41.9 Å². The van der Waals surface area contributed by atoms with E-state index in [2.05, 4.69) is 13.0 Å². The number of amides is 2. The number of halogens is 1. The second-order valence-corrected chi connectivity index (χ2v) is 9.69. The number of nitrogens with zero attached hydrogens (tertiary/aromatic N) is 2. The number of hydrogen-bond donors (Lipinski definition) is 0. The molecule has 0 atom stereocenters. The van der Waals surface area contributed by atoms with Gasteiger partial charge in [-0.15, -0.1) is 11.3 Å². The van der Waals surface area contributed by atoms with Crippen LogP contribution in [0.25, 0.3) is 0 Å². The lowest BCUT2D eigenvalue weighted by molar-refractivity contribution is -0.142. The molecule has 2 aromatic carbocycles. The van der Waals surface area contributed by atoms with E-state index >= 15 is 0 Å². The molecule has 4 rings (SSSR count). The third-order valence-electron chi connectivity index (χ3n) is 5.66. The number of thiophene rings is 1. The van der Waals surface area contributed by atoms with E-state index < -0.39 is 0 Å². The standard InChI is InChI=1S/C26H27ClN2O3S/c1-19-13-14-33-24(19)16-28(15-20-5-3-2-4-6-20)25(30)17-29(22-9-10-22)26(31)18-32-23-11-7-21(27)8-12-23/h2-8,11-14,22H,9-10,15-18H2,1H3. The third kappa shape index (κ3) is 6.59. The quantitative estimate of drug-likeness (QED) is 0.393. The lowest BCUT2D eigenvalue weighted by atomic mass is 10.2. The summed E-state index contributed by atoms with van der Waals surface area (Å²) in [5.74, 6) is 0.347. The summed E-state index contributed by atoms with van der Waals surface area (Å²) in [6, 6.07) is 19.0. The first kappa shape index (κ1) is 23.3. The van der Waals surface area contributed by atoms with Crippen LogP contribution in [0.4, 0.5) is 0 Å². The number of aryl methyl sites for hydroxylation is 1. The smallest absolute Gasteiger partial charge is 0.261 e. The molecule has 3 aromatic rings. The molecule has 0 unspecified atom stereocenters. The fraction of sp³-hybridized carbons (Fsp3) is 0.308. The highest BCUT2D eigenvalue weighted by Crippen LogP contribution is 2.28. The van der Waals surface area contributed by atoms with Crippen LogP contribution in [0.1, 0.15) is 28.8 Å². The molecule has 0 N–H and O–H groups in total. The number of ether oxygens (including phenoxy) is 1. The average molecular weight is 483 g/mol. The molecule has 1 fully saturated rings.